The Bertz CT molecular complexity index is 405. The smallest absolute Gasteiger partial charge is 0.326 e. The number of carboxylic acid groups (broad SMARTS) is 1. The Labute approximate surface area is 103 Å². The molecule has 94 valence electrons. The molecule has 0 aliphatic carbocycles. The largest absolute Gasteiger partial charge is 0.480 e. The molecular weight excluding hydrogens is 244 g/mol. The van der Waals surface area contributed by atoms with Crippen LogP contribution < -0.4 is 5.32 Å². The molecule has 1 atom stereocenters. The second kappa shape index (κ2) is 6.29. The van der Waals surface area contributed by atoms with Crippen molar-refractivity contribution in [2.75, 3.05) is 12.0 Å². The van der Waals surface area contributed by atoms with Gasteiger partial charge < -0.3 is 14.8 Å². The number of nitrogens with zero attached hydrogens (tertiary/aromatic N) is 1. The normalized spacial score (nSPS) is 12.1. The Kier molecular flexibility index (Phi) is 5.02. The summed E-state index contributed by atoms with van der Waals surface area (Å²) in [6, 6.07) is -0.903. The molecule has 0 aliphatic heterocycles. The van der Waals surface area contributed by atoms with Crippen molar-refractivity contribution >= 4 is 23.6 Å². The van der Waals surface area contributed by atoms with Gasteiger partial charge in [0.05, 0.1) is 5.69 Å². The highest BCUT2D eigenvalue weighted by Crippen LogP contribution is 2.07. The number of aryl methyl sites for hydroxylation is 1. The summed E-state index contributed by atoms with van der Waals surface area (Å²) in [7, 11) is 0. The lowest BCUT2D eigenvalue weighted by molar-refractivity contribution is -0.139. The van der Waals surface area contributed by atoms with E-state index in [9.17, 15) is 9.59 Å². The van der Waals surface area contributed by atoms with E-state index < -0.39 is 17.9 Å². The van der Waals surface area contributed by atoms with Crippen molar-refractivity contribution in [3.63, 3.8) is 0 Å². The highest BCUT2D eigenvalue weighted by atomic mass is 32.2. The van der Waals surface area contributed by atoms with Crippen molar-refractivity contribution in [2.45, 2.75) is 19.4 Å². The summed E-state index contributed by atoms with van der Waals surface area (Å²) in [5.41, 5.74) is 0.441. The first kappa shape index (κ1) is 13.6. The van der Waals surface area contributed by atoms with E-state index >= 15 is 0 Å². The molecule has 6 nitrogen and oxygen atoms in total. The van der Waals surface area contributed by atoms with Gasteiger partial charge in [-0.05, 0) is 25.4 Å². The minimum absolute atomic E-state index is 0.0559. The van der Waals surface area contributed by atoms with Gasteiger partial charge in [0.25, 0.3) is 5.91 Å². The van der Waals surface area contributed by atoms with E-state index in [2.05, 4.69) is 10.3 Å². The number of aromatic nitrogens is 1. The summed E-state index contributed by atoms with van der Waals surface area (Å²) >= 11 is 1.52. The maximum Gasteiger partial charge on any atom is 0.326 e. The van der Waals surface area contributed by atoms with Gasteiger partial charge in [-0.3, -0.25) is 4.79 Å². The number of thioether (sulfide) groups is 1. The van der Waals surface area contributed by atoms with Crippen molar-refractivity contribution in [3.05, 3.63) is 17.8 Å². The Balaban J connectivity index is 2.64. The third-order valence-corrected chi connectivity index (χ3v) is 2.81. The summed E-state index contributed by atoms with van der Waals surface area (Å²) in [5, 5.41) is 11.4. The van der Waals surface area contributed by atoms with Crippen LogP contribution in [0.3, 0.4) is 0 Å². The number of carbonyl (C=O) groups is 2. The average molecular weight is 258 g/mol. The molecule has 0 bridgehead atoms. The lowest BCUT2D eigenvalue weighted by atomic mass is 10.2. The lowest BCUT2D eigenvalue weighted by Crippen LogP contribution is -2.41. The highest BCUT2D eigenvalue weighted by Gasteiger charge is 2.22. The molecule has 0 aliphatic rings. The van der Waals surface area contributed by atoms with Crippen molar-refractivity contribution < 1.29 is 19.1 Å². The Morgan fingerprint density at radius 3 is 2.82 bits per heavy atom. The van der Waals surface area contributed by atoms with E-state index in [4.69, 9.17) is 9.52 Å². The minimum Gasteiger partial charge on any atom is -0.480 e. The van der Waals surface area contributed by atoms with Crippen LogP contribution >= 0.6 is 11.8 Å². The van der Waals surface area contributed by atoms with Crippen molar-refractivity contribution in [1.29, 1.82) is 0 Å². The van der Waals surface area contributed by atoms with Gasteiger partial charge in [-0.25, -0.2) is 9.78 Å². The zero-order valence-corrected chi connectivity index (χ0v) is 10.4. The fraction of sp³-hybridized carbons (Fsp3) is 0.500. The summed E-state index contributed by atoms with van der Waals surface area (Å²) in [5.74, 6) is -0.884. The summed E-state index contributed by atoms with van der Waals surface area (Å²) in [6.07, 6.45) is 3.40. The number of rotatable bonds is 6. The van der Waals surface area contributed by atoms with Gasteiger partial charge in [-0.15, -0.1) is 0 Å². The third kappa shape index (κ3) is 3.77. The maximum atomic E-state index is 11.7. The first-order valence-electron chi connectivity index (χ1n) is 4.99. The van der Waals surface area contributed by atoms with Crippen molar-refractivity contribution in [2.24, 2.45) is 0 Å². The zero-order chi connectivity index (χ0) is 12.8. The second-order valence-electron chi connectivity index (χ2n) is 3.41. The number of hydrogen-bond donors (Lipinski definition) is 2. The van der Waals surface area contributed by atoms with E-state index in [0.29, 0.717) is 17.9 Å². The first-order chi connectivity index (χ1) is 8.06. The van der Waals surface area contributed by atoms with Crippen LogP contribution in [0.5, 0.6) is 0 Å². The van der Waals surface area contributed by atoms with E-state index in [-0.39, 0.29) is 5.76 Å². The van der Waals surface area contributed by atoms with Gasteiger partial charge in [-0.1, -0.05) is 0 Å². The minimum atomic E-state index is -1.05. The topological polar surface area (TPSA) is 92.4 Å². The van der Waals surface area contributed by atoms with Crippen LogP contribution in [-0.4, -0.2) is 40.0 Å². The Morgan fingerprint density at radius 2 is 2.35 bits per heavy atom. The lowest BCUT2D eigenvalue weighted by Gasteiger charge is -2.12. The predicted molar refractivity (Wildman–Crippen MR) is 63.1 cm³/mol. The molecule has 0 radical (unpaired) electrons. The molecule has 0 aromatic carbocycles. The van der Waals surface area contributed by atoms with Gasteiger partial charge in [-0.2, -0.15) is 11.8 Å². The van der Waals surface area contributed by atoms with Crippen molar-refractivity contribution in [3.8, 4) is 0 Å². The molecule has 0 fully saturated rings. The molecule has 1 aromatic rings. The third-order valence-electron chi connectivity index (χ3n) is 2.17. The predicted octanol–water partition coefficient (Wildman–Crippen LogP) is 0.919. The zero-order valence-electron chi connectivity index (χ0n) is 9.60. The summed E-state index contributed by atoms with van der Waals surface area (Å²) < 4.78 is 4.89. The highest BCUT2D eigenvalue weighted by molar-refractivity contribution is 7.98. The number of oxazole rings is 1. The molecule has 0 saturated heterocycles. The standard InChI is InChI=1S/C10H14N2O4S/c1-6-8(16-5-11-6)9(13)12-7(10(14)15)3-4-17-2/h5,7H,3-4H2,1-2H3,(H,12,13)(H,14,15)/t7-/m0/s1. The molecule has 17 heavy (non-hydrogen) atoms. The van der Waals surface area contributed by atoms with Crippen LogP contribution in [0.4, 0.5) is 0 Å². The fourth-order valence-electron chi connectivity index (χ4n) is 1.24. The van der Waals surface area contributed by atoms with Crippen LogP contribution in [0.2, 0.25) is 0 Å². The number of nitrogens with one attached hydrogen (secondary N) is 1. The van der Waals surface area contributed by atoms with E-state index in [1.807, 2.05) is 6.26 Å². The van der Waals surface area contributed by atoms with Gasteiger partial charge >= 0.3 is 5.97 Å². The maximum absolute atomic E-state index is 11.7. The van der Waals surface area contributed by atoms with Gasteiger partial charge in [0, 0.05) is 0 Å². The van der Waals surface area contributed by atoms with Gasteiger partial charge in [0.1, 0.15) is 6.04 Å². The first-order valence-corrected chi connectivity index (χ1v) is 6.38. The number of amides is 1. The molecule has 1 rings (SSSR count). The number of carboxylic acids is 1. The number of aliphatic carboxylic acids is 1. The molecule has 7 heteroatoms. The average Bonchev–Trinajstić information content (AvgIpc) is 2.70. The van der Waals surface area contributed by atoms with Crippen LogP contribution in [0, 0.1) is 6.92 Å². The van der Waals surface area contributed by atoms with Crippen LogP contribution in [-0.2, 0) is 4.79 Å². The summed E-state index contributed by atoms with van der Waals surface area (Å²) in [6.45, 7) is 1.62. The van der Waals surface area contributed by atoms with E-state index in [0.717, 1.165) is 6.39 Å². The molecular formula is C10H14N2O4S. The Morgan fingerprint density at radius 1 is 1.65 bits per heavy atom. The van der Waals surface area contributed by atoms with E-state index in [1.54, 1.807) is 6.92 Å². The van der Waals surface area contributed by atoms with E-state index in [1.165, 1.54) is 11.8 Å². The van der Waals surface area contributed by atoms with Crippen LogP contribution in [0.15, 0.2) is 10.8 Å². The Hall–Kier alpha value is -1.50. The van der Waals surface area contributed by atoms with Gasteiger partial charge in [0.15, 0.2) is 6.39 Å². The second-order valence-corrected chi connectivity index (χ2v) is 4.40. The van der Waals surface area contributed by atoms with Crippen LogP contribution in [0.25, 0.3) is 0 Å². The molecule has 2 N–H and O–H groups in total. The van der Waals surface area contributed by atoms with Crippen molar-refractivity contribution in [1.82, 2.24) is 10.3 Å². The number of hydrogen-bond acceptors (Lipinski definition) is 5. The molecule has 0 saturated carbocycles. The quantitative estimate of drug-likeness (QED) is 0.788. The van der Waals surface area contributed by atoms with Gasteiger partial charge in [0.2, 0.25) is 5.76 Å². The molecule has 1 heterocycles. The molecule has 1 amide bonds. The molecule has 1 aromatic heterocycles. The number of carbonyl (C=O) groups excluding carboxylic acids is 1. The summed E-state index contributed by atoms with van der Waals surface area (Å²) in [4.78, 5) is 26.4. The van der Waals surface area contributed by atoms with Crippen LogP contribution in [0.1, 0.15) is 22.7 Å². The fourth-order valence-corrected chi connectivity index (χ4v) is 1.71. The monoisotopic (exact) mass is 258 g/mol. The SMILES string of the molecule is CSCC[C@H](NC(=O)c1ocnc1C)C(=O)O. The molecule has 0 spiro atoms. The molecule has 0 unspecified atom stereocenters.